The lowest BCUT2D eigenvalue weighted by Gasteiger charge is -2.40. The predicted octanol–water partition coefficient (Wildman–Crippen LogP) is -0.299. The fourth-order valence-corrected chi connectivity index (χ4v) is 2.99. The maximum atomic E-state index is 11.0. The third-order valence-electron chi connectivity index (χ3n) is 4.05. The van der Waals surface area contributed by atoms with Crippen molar-refractivity contribution >= 4 is 5.91 Å². The van der Waals surface area contributed by atoms with Crippen LogP contribution in [0.1, 0.15) is 32.6 Å². The first kappa shape index (κ1) is 13.8. The molecule has 0 spiro atoms. The largest absolute Gasteiger partial charge is 0.388 e. The van der Waals surface area contributed by atoms with E-state index in [0.29, 0.717) is 6.04 Å². The number of nitrogens with one attached hydrogen (secondary N) is 2. The summed E-state index contributed by atoms with van der Waals surface area (Å²) in [4.78, 5) is 13.3. The number of amides is 1. The number of hydrogen-bond acceptors (Lipinski definition) is 4. The van der Waals surface area contributed by atoms with E-state index in [1.54, 1.807) is 6.92 Å². The van der Waals surface area contributed by atoms with E-state index < -0.39 is 5.60 Å². The fraction of sp³-hybridized carbons (Fsp3) is 0.923. The van der Waals surface area contributed by atoms with E-state index in [1.165, 1.54) is 0 Å². The molecule has 3 N–H and O–H groups in total. The number of nitrogens with zero attached hydrogens (tertiary/aromatic N) is 1. The summed E-state index contributed by atoms with van der Waals surface area (Å²) in [7, 11) is 0. The zero-order valence-electron chi connectivity index (χ0n) is 11.2. The molecule has 2 heterocycles. The summed E-state index contributed by atoms with van der Waals surface area (Å²) in [6.45, 7) is 6.13. The van der Waals surface area contributed by atoms with Gasteiger partial charge in [-0.15, -0.1) is 0 Å². The Kier molecular flexibility index (Phi) is 4.59. The SMILES string of the molecule is CC(=O)NC1CCN(CC2(O)CCNCC2)CC1. The molecule has 0 radical (unpaired) electrons. The lowest BCUT2D eigenvalue weighted by atomic mass is 9.91. The fourth-order valence-electron chi connectivity index (χ4n) is 2.99. The standard InChI is InChI=1S/C13H25N3O2/c1-11(17)15-12-2-8-16(9-3-12)10-13(18)4-6-14-7-5-13/h12,14,18H,2-10H2,1H3,(H,15,17). The van der Waals surface area contributed by atoms with Gasteiger partial charge in [0.1, 0.15) is 0 Å². The van der Waals surface area contributed by atoms with Gasteiger partial charge in [0, 0.05) is 32.6 Å². The molecule has 2 aliphatic heterocycles. The maximum absolute atomic E-state index is 11.0. The minimum Gasteiger partial charge on any atom is -0.388 e. The van der Waals surface area contributed by atoms with E-state index in [1.807, 2.05) is 0 Å². The normalized spacial score (nSPS) is 25.9. The molecule has 2 saturated heterocycles. The van der Waals surface area contributed by atoms with Crippen molar-refractivity contribution in [3.05, 3.63) is 0 Å². The van der Waals surface area contributed by atoms with Gasteiger partial charge in [0.05, 0.1) is 5.60 Å². The number of piperidine rings is 2. The molecule has 2 aliphatic rings. The van der Waals surface area contributed by atoms with Crippen LogP contribution in [0.25, 0.3) is 0 Å². The van der Waals surface area contributed by atoms with Gasteiger partial charge in [0.15, 0.2) is 0 Å². The van der Waals surface area contributed by atoms with Gasteiger partial charge in [-0.25, -0.2) is 0 Å². The monoisotopic (exact) mass is 255 g/mol. The van der Waals surface area contributed by atoms with Crippen LogP contribution in [0.5, 0.6) is 0 Å². The lowest BCUT2D eigenvalue weighted by molar-refractivity contribution is -0.120. The molecule has 5 heteroatoms. The van der Waals surface area contributed by atoms with Gasteiger partial charge in [-0.3, -0.25) is 4.79 Å². The van der Waals surface area contributed by atoms with Crippen molar-refractivity contribution in [2.75, 3.05) is 32.7 Å². The van der Waals surface area contributed by atoms with E-state index in [0.717, 1.165) is 58.4 Å². The second-order valence-corrected chi connectivity index (χ2v) is 5.73. The van der Waals surface area contributed by atoms with Crippen molar-refractivity contribution in [2.45, 2.75) is 44.2 Å². The molecular weight excluding hydrogens is 230 g/mol. The van der Waals surface area contributed by atoms with Crippen LogP contribution in [0, 0.1) is 0 Å². The molecule has 0 aliphatic carbocycles. The molecular formula is C13H25N3O2. The Balaban J connectivity index is 1.74. The molecule has 0 saturated carbocycles. The first-order valence-corrected chi connectivity index (χ1v) is 7.00. The Morgan fingerprint density at radius 1 is 1.39 bits per heavy atom. The quantitative estimate of drug-likeness (QED) is 0.648. The molecule has 18 heavy (non-hydrogen) atoms. The number of hydrogen-bond donors (Lipinski definition) is 3. The number of carbonyl (C=O) groups excluding carboxylic acids is 1. The van der Waals surface area contributed by atoms with Crippen molar-refractivity contribution in [3.8, 4) is 0 Å². The average molecular weight is 255 g/mol. The third kappa shape index (κ3) is 3.93. The van der Waals surface area contributed by atoms with Crippen molar-refractivity contribution in [3.63, 3.8) is 0 Å². The smallest absolute Gasteiger partial charge is 0.217 e. The summed E-state index contributed by atoms with van der Waals surface area (Å²) in [5.74, 6) is 0.0606. The number of likely N-dealkylation sites (tertiary alicyclic amines) is 1. The third-order valence-corrected chi connectivity index (χ3v) is 4.05. The summed E-state index contributed by atoms with van der Waals surface area (Å²) >= 11 is 0. The average Bonchev–Trinajstić information content (AvgIpc) is 2.31. The highest BCUT2D eigenvalue weighted by Crippen LogP contribution is 2.21. The summed E-state index contributed by atoms with van der Waals surface area (Å²) in [5.41, 5.74) is -0.508. The zero-order valence-corrected chi connectivity index (χ0v) is 11.2. The van der Waals surface area contributed by atoms with Crippen LogP contribution >= 0.6 is 0 Å². The van der Waals surface area contributed by atoms with E-state index >= 15 is 0 Å². The molecule has 2 fully saturated rings. The Morgan fingerprint density at radius 2 is 2.00 bits per heavy atom. The van der Waals surface area contributed by atoms with E-state index in [2.05, 4.69) is 15.5 Å². The zero-order chi connectivity index (χ0) is 13.0. The summed E-state index contributed by atoms with van der Waals surface area (Å²) in [6, 6.07) is 0.321. The van der Waals surface area contributed by atoms with Crippen LogP contribution in [0.15, 0.2) is 0 Å². The number of aliphatic hydroxyl groups is 1. The first-order chi connectivity index (χ1) is 8.57. The van der Waals surface area contributed by atoms with Crippen molar-refractivity contribution < 1.29 is 9.90 Å². The summed E-state index contributed by atoms with van der Waals surface area (Å²) < 4.78 is 0. The minimum absolute atomic E-state index is 0.0606. The highest BCUT2D eigenvalue weighted by atomic mass is 16.3. The number of β-amino-alcohol motifs (C(OH)–C–C–N with tert-alkyl or cyclic N) is 1. The van der Waals surface area contributed by atoms with Gasteiger partial charge in [0.25, 0.3) is 0 Å². The minimum atomic E-state index is -0.508. The Bertz CT molecular complexity index is 282. The van der Waals surface area contributed by atoms with Gasteiger partial charge in [-0.05, 0) is 38.8 Å². The molecule has 1 amide bonds. The van der Waals surface area contributed by atoms with Gasteiger partial charge in [0.2, 0.25) is 5.91 Å². The molecule has 0 aromatic carbocycles. The van der Waals surface area contributed by atoms with Gasteiger partial charge >= 0.3 is 0 Å². The van der Waals surface area contributed by atoms with Crippen LogP contribution in [0.3, 0.4) is 0 Å². The molecule has 5 nitrogen and oxygen atoms in total. The highest BCUT2D eigenvalue weighted by Gasteiger charge is 2.32. The van der Waals surface area contributed by atoms with E-state index in [-0.39, 0.29) is 5.91 Å². The first-order valence-electron chi connectivity index (χ1n) is 7.00. The van der Waals surface area contributed by atoms with Gasteiger partial charge < -0.3 is 20.6 Å². The molecule has 0 bridgehead atoms. The second kappa shape index (κ2) is 5.99. The van der Waals surface area contributed by atoms with Crippen LogP contribution in [0.2, 0.25) is 0 Å². The highest BCUT2D eigenvalue weighted by molar-refractivity contribution is 5.73. The van der Waals surface area contributed by atoms with Gasteiger partial charge in [-0.1, -0.05) is 0 Å². The van der Waals surface area contributed by atoms with Gasteiger partial charge in [-0.2, -0.15) is 0 Å². The van der Waals surface area contributed by atoms with Crippen molar-refractivity contribution in [2.24, 2.45) is 0 Å². The molecule has 0 aromatic rings. The number of rotatable bonds is 3. The van der Waals surface area contributed by atoms with Crippen molar-refractivity contribution in [1.82, 2.24) is 15.5 Å². The molecule has 0 atom stereocenters. The lowest BCUT2D eigenvalue weighted by Crippen LogP contribution is -2.53. The van der Waals surface area contributed by atoms with Crippen molar-refractivity contribution in [1.29, 1.82) is 0 Å². The maximum Gasteiger partial charge on any atom is 0.217 e. The summed E-state index contributed by atoms with van der Waals surface area (Å²) in [5, 5.41) is 16.7. The Hall–Kier alpha value is -0.650. The predicted molar refractivity (Wildman–Crippen MR) is 70.3 cm³/mol. The summed E-state index contributed by atoms with van der Waals surface area (Å²) in [6.07, 6.45) is 3.68. The number of carbonyl (C=O) groups is 1. The van der Waals surface area contributed by atoms with Crippen LogP contribution in [0.4, 0.5) is 0 Å². The molecule has 0 unspecified atom stereocenters. The van der Waals surface area contributed by atoms with E-state index in [4.69, 9.17) is 0 Å². The Morgan fingerprint density at radius 3 is 2.56 bits per heavy atom. The molecule has 0 aromatic heterocycles. The van der Waals surface area contributed by atoms with Crippen LogP contribution < -0.4 is 10.6 Å². The molecule has 2 rings (SSSR count). The van der Waals surface area contributed by atoms with Crippen LogP contribution in [-0.2, 0) is 4.79 Å². The molecule has 104 valence electrons. The topological polar surface area (TPSA) is 64.6 Å². The Labute approximate surface area is 109 Å². The van der Waals surface area contributed by atoms with E-state index in [9.17, 15) is 9.90 Å². The second-order valence-electron chi connectivity index (χ2n) is 5.73. The van der Waals surface area contributed by atoms with Crippen LogP contribution in [-0.4, -0.2) is 60.3 Å².